The fourth-order valence-electron chi connectivity index (χ4n) is 15.7. The lowest BCUT2D eigenvalue weighted by Gasteiger charge is -2.47. The van der Waals surface area contributed by atoms with Crippen LogP contribution in [-0.2, 0) is 65.7 Å². The van der Waals surface area contributed by atoms with E-state index in [1.807, 2.05) is 44.2 Å². The van der Waals surface area contributed by atoms with E-state index in [1.165, 1.54) is 57.3 Å². The monoisotopic (exact) mass is 1810 g/mol. The molecule has 11 bridgehead atoms. The number of fused-ring (bicyclic) bond motifs is 15. The predicted octanol–water partition coefficient (Wildman–Crippen LogP) is 3.17. The minimum absolute atomic E-state index is 0.0296. The summed E-state index contributed by atoms with van der Waals surface area (Å²) in [6.45, 7) is 7.02. The van der Waals surface area contributed by atoms with Crippen molar-refractivity contribution in [2.75, 3.05) is 19.0 Å². The number of quaternary nitrogens is 1. The van der Waals surface area contributed by atoms with Gasteiger partial charge in [-0.25, -0.2) is 0 Å². The van der Waals surface area contributed by atoms with Crippen LogP contribution in [0.1, 0.15) is 132 Å². The Morgan fingerprint density at radius 3 is 1.98 bits per heavy atom. The zero-order valence-corrected chi connectivity index (χ0v) is 71.0. The van der Waals surface area contributed by atoms with Crippen LogP contribution in [-0.4, -0.2) is 192 Å². The number of ether oxygens (including phenoxy) is 7. The van der Waals surface area contributed by atoms with Gasteiger partial charge in [-0.15, -0.1) is 0 Å². The Balaban J connectivity index is 0.947. The van der Waals surface area contributed by atoms with Gasteiger partial charge in [-0.3, -0.25) is 43.2 Å². The summed E-state index contributed by atoms with van der Waals surface area (Å²) in [4.78, 5) is 136. The number of rotatable bonds is 21. The quantitative estimate of drug-likeness (QED) is 0.0363. The second-order valence-electron chi connectivity index (χ2n) is 32.3. The second kappa shape index (κ2) is 39.5. The van der Waals surface area contributed by atoms with Crippen molar-refractivity contribution in [3.63, 3.8) is 0 Å². The number of hydrogen-bond donors (Lipinski definition) is 21. The van der Waals surface area contributed by atoms with Crippen LogP contribution in [0.4, 0.5) is 11.4 Å². The fraction of sp³-hybridized carbons (Fsp3) is 0.352. The highest BCUT2D eigenvalue weighted by atomic mass is 35.5. The van der Waals surface area contributed by atoms with Crippen molar-refractivity contribution in [1.29, 1.82) is 0 Å². The van der Waals surface area contributed by atoms with Crippen LogP contribution < -0.4 is 83.7 Å². The first-order valence-electron chi connectivity index (χ1n) is 40.6. The molecule has 0 aliphatic carbocycles. The first kappa shape index (κ1) is 93.3. The Labute approximate surface area is 740 Å². The van der Waals surface area contributed by atoms with Crippen molar-refractivity contribution >= 4 is 87.7 Å². The number of aliphatic hydroxyl groups excluding tert-OH is 6. The smallest absolute Gasteiger partial charge is 0.261 e. The van der Waals surface area contributed by atoms with Crippen LogP contribution in [0.2, 0.25) is 10.0 Å². The largest absolute Gasteiger partial charge is 0.630 e. The molecule has 0 aromatic heterocycles. The first-order chi connectivity index (χ1) is 60.9. The number of nitrogens with one attached hydrogen (secondary N) is 9. The number of anilines is 1. The molecule has 24 N–H and O–H groups in total. The summed E-state index contributed by atoms with van der Waals surface area (Å²) >= 11 is 14.4. The van der Waals surface area contributed by atoms with Gasteiger partial charge in [0.05, 0.1) is 41.3 Å². The molecule has 7 aliphatic rings. The maximum absolute atomic E-state index is 16.4. The summed E-state index contributed by atoms with van der Waals surface area (Å²) in [5.74, 6) is -16.0. The molecule has 1 unspecified atom stereocenters. The van der Waals surface area contributed by atoms with Gasteiger partial charge in [-0.2, -0.15) is 0 Å². The number of aromatic hydroxyl groups is 3. The minimum Gasteiger partial charge on any atom is -0.630 e. The lowest BCUT2D eigenvalue weighted by Crippen LogP contribution is -2.71. The number of likely N-dealkylation sites (N-methyl/N-ethyl adjacent to an activating group) is 1. The number of nitrogens with two attached hydrogens (primary N) is 3. The van der Waals surface area contributed by atoms with Crippen molar-refractivity contribution in [2.45, 2.75) is 176 Å². The van der Waals surface area contributed by atoms with E-state index in [4.69, 9.17) is 67.8 Å². The van der Waals surface area contributed by atoms with Gasteiger partial charge in [0, 0.05) is 41.4 Å². The average Bonchev–Trinajstić information content (AvgIpc) is 0.762. The molecule has 0 spiro atoms. The predicted molar refractivity (Wildman–Crippen MR) is 455 cm³/mol. The van der Waals surface area contributed by atoms with Gasteiger partial charge in [0.25, 0.3) is 5.91 Å². The molecule has 9 amide bonds. The maximum atomic E-state index is 16.4. The number of aryl methyl sites for hydroxylation is 1. The molecule has 2 saturated heterocycles. The summed E-state index contributed by atoms with van der Waals surface area (Å²) in [7, 11) is 1.47. The number of aliphatic hydroxyl groups is 6. The Morgan fingerprint density at radius 1 is 0.688 bits per heavy atom. The number of halogens is 2. The molecule has 2 fully saturated rings. The van der Waals surface area contributed by atoms with Gasteiger partial charge in [-0.05, 0) is 157 Å². The van der Waals surface area contributed by atoms with Gasteiger partial charge in [-0.1, -0.05) is 104 Å². The van der Waals surface area contributed by atoms with Crippen molar-refractivity contribution < 1.29 is 128 Å². The van der Waals surface area contributed by atoms with E-state index in [2.05, 4.69) is 47.9 Å². The number of carbonyl (C=O) groups excluding carboxylic acids is 9. The van der Waals surface area contributed by atoms with Crippen LogP contribution in [0.15, 0.2) is 146 Å². The highest BCUT2D eigenvalue weighted by Gasteiger charge is 2.52. The summed E-state index contributed by atoms with van der Waals surface area (Å²) in [6.07, 6.45) is -18.9. The molecular weight excluding hydrogens is 1710 g/mol. The molecule has 7 heterocycles. The van der Waals surface area contributed by atoms with Gasteiger partial charge < -0.3 is 149 Å². The van der Waals surface area contributed by atoms with Crippen LogP contribution in [0.3, 0.4) is 0 Å². The van der Waals surface area contributed by atoms with Crippen molar-refractivity contribution in [3.05, 3.63) is 211 Å². The first-order valence-corrected chi connectivity index (χ1v) is 41.3. The third kappa shape index (κ3) is 20.6. The summed E-state index contributed by atoms with van der Waals surface area (Å²) in [6, 6.07) is 17.8. The Hall–Kier alpha value is -12.4. The minimum atomic E-state index is -2.39. The zero-order valence-electron chi connectivity index (χ0n) is 69.4. The highest BCUT2D eigenvalue weighted by molar-refractivity contribution is 6.32. The number of hydrogen-bond acceptors (Lipinski definition) is 28. The third-order valence-corrected chi connectivity index (χ3v) is 23.0. The normalized spacial score (nSPS) is 25.6. The van der Waals surface area contributed by atoms with E-state index in [-0.39, 0.29) is 75.5 Å². The van der Waals surface area contributed by atoms with Crippen LogP contribution in [0.25, 0.3) is 11.1 Å². The molecule has 7 aliphatic heterocycles. The number of benzene rings is 8. The van der Waals surface area contributed by atoms with E-state index in [0.717, 1.165) is 72.3 Å². The van der Waals surface area contributed by atoms with Crippen LogP contribution in [0.5, 0.6) is 51.7 Å². The van der Waals surface area contributed by atoms with Crippen LogP contribution in [0, 0.1) is 18.0 Å². The average molecular weight is 1810 g/mol. The summed E-state index contributed by atoms with van der Waals surface area (Å²) in [5.41, 5.74) is 10.5. The molecule has 128 heavy (non-hydrogen) atoms. The van der Waals surface area contributed by atoms with Crippen LogP contribution >= 0.6 is 23.2 Å². The lowest BCUT2D eigenvalue weighted by molar-refractivity contribution is -0.498. The molecule has 678 valence electrons. The number of primary amides is 1. The fourth-order valence-corrected chi connectivity index (χ4v) is 16.2. The van der Waals surface area contributed by atoms with Crippen molar-refractivity contribution in [3.8, 4) is 62.9 Å². The number of phenols is 3. The number of amides is 9. The highest BCUT2D eigenvalue weighted by Crippen LogP contribution is 2.50. The standard InChI is InChI=1S/C88H96Cl2N12O26/c1-37(2)23-53(93-6)80(114)100-69-71(108)43-17-21-57(51(89)26-43)124-59-28-45-29-60(76(59)128-87-77(74(111)73(110)61(35-103)126-87)127-63-33-88(5,92)78(112)39(4)123-63)125-58-22-18-44(27-52(58)90)72(109)70-86(120)99-68(82(116)94-34-41-13-10-14-46(24-41)95-79(113)48-19-15-38(3)75(67(48)102-121)122-36-40-11-8-7-9-12-40)50-30-47(104)31-56(106)64(50)49-25-42(16-20-55(49)105)65(83(117)101-70)98-84(118)66(45)97-81(115)54(32-62(91)107)96-85(69)119/h7-22,24-31,37,39,53-54,61,63,65-66,68-74,77-78,87,93,103-106,108-112H,23,32-36,92,102H2,1-6H3,(H2,91,107)(H,94,116)(H,95,113)(H,96,119)(H,97,115)(H,98,118)(H,99,120)(H,100,114)(H,101,117)/t39-,53+,54-,61+,63-,65+,66?,68+,69+,70-,71+,72+,73+,74-,77+,78+,87-,88-/m0/s1. The van der Waals surface area contributed by atoms with E-state index in [1.54, 1.807) is 19.1 Å². The van der Waals surface area contributed by atoms with Crippen molar-refractivity contribution in [2.24, 2.45) is 17.4 Å². The number of phenolic OH excluding ortho intramolecular Hbond substituents is 3. The molecule has 0 radical (unpaired) electrons. The maximum Gasteiger partial charge on any atom is 0.261 e. The zero-order chi connectivity index (χ0) is 92.2. The van der Waals surface area contributed by atoms with E-state index in [0.29, 0.717) is 16.6 Å². The van der Waals surface area contributed by atoms with Gasteiger partial charge >= 0.3 is 0 Å². The molecule has 8 aromatic carbocycles. The Bertz CT molecular complexity index is 5580. The number of carbonyl (C=O) groups is 9. The third-order valence-electron chi connectivity index (χ3n) is 22.4. The molecule has 8 aromatic rings. The lowest BCUT2D eigenvalue weighted by atomic mass is 9.86. The Kier molecular flexibility index (Phi) is 28.8. The van der Waals surface area contributed by atoms with Gasteiger partial charge in [0.15, 0.2) is 35.3 Å². The molecule has 38 nitrogen and oxygen atoms in total. The Morgan fingerprint density at radius 2 is 1.34 bits per heavy atom. The molecule has 18 atom stereocenters. The van der Waals surface area contributed by atoms with Crippen molar-refractivity contribution in [1.82, 2.24) is 42.5 Å². The molecular formula is C88H96Cl2N12O26. The van der Waals surface area contributed by atoms with Gasteiger partial charge in [0.1, 0.15) is 108 Å². The van der Waals surface area contributed by atoms with E-state index >= 15 is 28.8 Å². The summed E-state index contributed by atoms with van der Waals surface area (Å²) < 4.78 is 44.8. The van der Waals surface area contributed by atoms with Gasteiger partial charge in [0.2, 0.25) is 59.3 Å². The molecule has 15 rings (SSSR count). The van der Waals surface area contributed by atoms with E-state index < -0.39 is 250 Å². The second-order valence-corrected chi connectivity index (χ2v) is 33.1. The molecule has 0 saturated carbocycles. The van der Waals surface area contributed by atoms with E-state index in [9.17, 15) is 65.5 Å². The topological polar surface area (TPSA) is 600 Å². The SMILES string of the molecule is CN[C@H](CC(C)C)C(=O)N[C@H]1C(=O)N[C@@H](CC(N)=O)C(=O)NC2C(=O)N[C@H]3C(=O)N[C@H](C(=O)N[C@@H](C(=O)NCc4cccc(NC(=O)c5ccc(C)c(OCc6ccccc6)c5[NH2+][O-])c4)c4cc(O)cc(O)c4-c4cc3ccc4O)[C@H](O)c3ccc(c(Cl)c3)Oc3cc2cc(c3O[C@@H]2O[C@H](CO)[C@@H](O)[C@H](O)[C@H]2O[C@H]2C[C@](C)(N)[C@H](O)[C@H](C)O2)Oc2ccc(cc2Cl)[C@H]1O. The molecule has 40 heteroatoms. The summed E-state index contributed by atoms with van der Waals surface area (Å²) in [5, 5.41) is 142.